The SMILES string of the molecule is CC(C)N(Cc1ccccc1)C(=O)COC(=O)c1ccc([N+](=O)[O-])s1. The van der Waals surface area contributed by atoms with Crippen molar-refractivity contribution in [2.45, 2.75) is 26.4 Å². The van der Waals surface area contributed by atoms with E-state index in [1.165, 1.54) is 12.1 Å². The van der Waals surface area contributed by atoms with Crippen molar-refractivity contribution < 1.29 is 19.2 Å². The zero-order valence-corrected chi connectivity index (χ0v) is 14.7. The molecule has 0 aliphatic heterocycles. The van der Waals surface area contributed by atoms with Crippen LogP contribution in [0.15, 0.2) is 42.5 Å². The van der Waals surface area contributed by atoms with Gasteiger partial charge in [0.2, 0.25) is 0 Å². The van der Waals surface area contributed by atoms with Crippen molar-refractivity contribution in [3.63, 3.8) is 0 Å². The first-order valence-electron chi connectivity index (χ1n) is 7.63. The molecular formula is C17H18N2O5S. The summed E-state index contributed by atoms with van der Waals surface area (Å²) in [6.07, 6.45) is 0. The number of carbonyl (C=O) groups excluding carboxylic acids is 2. The largest absolute Gasteiger partial charge is 0.451 e. The quantitative estimate of drug-likeness (QED) is 0.428. The highest BCUT2D eigenvalue weighted by molar-refractivity contribution is 7.17. The molecule has 7 nitrogen and oxygen atoms in total. The summed E-state index contributed by atoms with van der Waals surface area (Å²) in [4.78, 5) is 36.1. The molecular weight excluding hydrogens is 344 g/mol. The van der Waals surface area contributed by atoms with E-state index in [-0.39, 0.29) is 21.8 Å². The first-order chi connectivity index (χ1) is 11.9. The molecule has 0 atom stereocenters. The van der Waals surface area contributed by atoms with Crippen LogP contribution in [0.25, 0.3) is 0 Å². The predicted molar refractivity (Wildman–Crippen MR) is 93.4 cm³/mol. The van der Waals surface area contributed by atoms with Gasteiger partial charge in [0.25, 0.3) is 5.91 Å². The van der Waals surface area contributed by atoms with Crippen molar-refractivity contribution >= 4 is 28.2 Å². The Balaban J connectivity index is 1.96. The van der Waals surface area contributed by atoms with Crippen LogP contribution < -0.4 is 0 Å². The molecule has 2 aromatic rings. The minimum absolute atomic E-state index is 0.0609. The topological polar surface area (TPSA) is 89.8 Å². The number of amides is 1. The molecule has 0 saturated carbocycles. The van der Waals surface area contributed by atoms with Crippen LogP contribution in [0.1, 0.15) is 29.1 Å². The summed E-state index contributed by atoms with van der Waals surface area (Å²) < 4.78 is 5.01. The smallest absolute Gasteiger partial charge is 0.349 e. The predicted octanol–water partition coefficient (Wildman–Crippen LogP) is 3.25. The summed E-state index contributed by atoms with van der Waals surface area (Å²) in [6.45, 7) is 3.77. The number of nitro groups is 1. The fraction of sp³-hybridized carbons (Fsp3) is 0.294. The lowest BCUT2D eigenvalue weighted by molar-refractivity contribution is -0.380. The van der Waals surface area contributed by atoms with Crippen LogP contribution in [0.4, 0.5) is 5.00 Å². The number of hydrogen-bond donors (Lipinski definition) is 0. The summed E-state index contributed by atoms with van der Waals surface area (Å²) in [5.74, 6) is -1.06. The average molecular weight is 362 g/mol. The van der Waals surface area contributed by atoms with E-state index in [1.807, 2.05) is 44.2 Å². The van der Waals surface area contributed by atoms with Gasteiger partial charge in [0.05, 0.1) is 4.92 Å². The number of nitrogens with zero attached hydrogens (tertiary/aromatic N) is 2. The molecule has 1 amide bonds. The van der Waals surface area contributed by atoms with Gasteiger partial charge >= 0.3 is 11.0 Å². The molecule has 1 aromatic heterocycles. The van der Waals surface area contributed by atoms with Gasteiger partial charge in [-0.2, -0.15) is 0 Å². The monoisotopic (exact) mass is 362 g/mol. The third-order valence-electron chi connectivity index (χ3n) is 3.44. The Morgan fingerprint density at radius 1 is 1.20 bits per heavy atom. The molecule has 0 bridgehead atoms. The Labute approximate surface area is 149 Å². The second kappa shape index (κ2) is 8.39. The van der Waals surface area contributed by atoms with Gasteiger partial charge in [0.1, 0.15) is 4.88 Å². The third-order valence-corrected chi connectivity index (χ3v) is 4.46. The zero-order chi connectivity index (χ0) is 18.4. The lowest BCUT2D eigenvalue weighted by Gasteiger charge is -2.26. The number of thiophene rings is 1. The number of benzene rings is 1. The maximum absolute atomic E-state index is 12.4. The molecule has 0 fully saturated rings. The molecule has 0 aliphatic rings. The number of hydrogen-bond acceptors (Lipinski definition) is 6. The third kappa shape index (κ3) is 5.12. The lowest BCUT2D eigenvalue weighted by atomic mass is 10.2. The van der Waals surface area contributed by atoms with Gasteiger partial charge in [-0.25, -0.2) is 4.79 Å². The van der Waals surface area contributed by atoms with Crippen molar-refractivity contribution in [1.82, 2.24) is 4.90 Å². The molecule has 0 aliphatic carbocycles. The van der Waals surface area contributed by atoms with Crippen molar-refractivity contribution in [2.75, 3.05) is 6.61 Å². The van der Waals surface area contributed by atoms with Crippen LogP contribution in [0, 0.1) is 10.1 Å². The maximum atomic E-state index is 12.4. The van der Waals surface area contributed by atoms with Gasteiger partial charge < -0.3 is 9.64 Å². The number of rotatable bonds is 7. The maximum Gasteiger partial charge on any atom is 0.349 e. The Bertz CT molecular complexity index is 757. The highest BCUT2D eigenvalue weighted by atomic mass is 32.1. The van der Waals surface area contributed by atoms with Gasteiger partial charge in [-0.3, -0.25) is 14.9 Å². The van der Waals surface area contributed by atoms with E-state index in [9.17, 15) is 19.7 Å². The fourth-order valence-electron chi connectivity index (χ4n) is 2.16. The van der Waals surface area contributed by atoms with Gasteiger partial charge in [0, 0.05) is 18.7 Å². The van der Waals surface area contributed by atoms with Crippen LogP contribution in [0.2, 0.25) is 0 Å². The van der Waals surface area contributed by atoms with E-state index in [0.717, 1.165) is 16.9 Å². The summed E-state index contributed by atoms with van der Waals surface area (Å²) in [6, 6.07) is 12.0. The molecule has 0 spiro atoms. The average Bonchev–Trinajstić information content (AvgIpc) is 3.08. The van der Waals surface area contributed by atoms with Crippen LogP contribution >= 0.6 is 11.3 Å². The summed E-state index contributed by atoms with van der Waals surface area (Å²) in [5.41, 5.74) is 0.977. The van der Waals surface area contributed by atoms with E-state index in [1.54, 1.807) is 4.90 Å². The number of esters is 1. The van der Waals surface area contributed by atoms with Gasteiger partial charge in [-0.05, 0) is 25.5 Å². The van der Waals surface area contributed by atoms with Crippen LogP contribution in [0.3, 0.4) is 0 Å². The standard InChI is InChI=1S/C17H18N2O5S/c1-12(2)18(10-13-6-4-3-5-7-13)15(20)11-24-17(21)14-8-9-16(25-14)19(22)23/h3-9,12H,10-11H2,1-2H3. The van der Waals surface area contributed by atoms with Gasteiger partial charge in [-0.15, -0.1) is 0 Å². The number of ether oxygens (including phenoxy) is 1. The van der Waals surface area contributed by atoms with E-state index in [4.69, 9.17) is 4.74 Å². The van der Waals surface area contributed by atoms with E-state index in [2.05, 4.69) is 0 Å². The van der Waals surface area contributed by atoms with Crippen LogP contribution in [0.5, 0.6) is 0 Å². The van der Waals surface area contributed by atoms with E-state index >= 15 is 0 Å². The molecule has 0 N–H and O–H groups in total. The van der Waals surface area contributed by atoms with Gasteiger partial charge in [-0.1, -0.05) is 41.7 Å². The minimum Gasteiger partial charge on any atom is -0.451 e. The Kier molecular flexibility index (Phi) is 6.24. The fourth-order valence-corrected chi connectivity index (χ4v) is 2.87. The summed E-state index contributed by atoms with van der Waals surface area (Å²) >= 11 is 0.720. The zero-order valence-electron chi connectivity index (χ0n) is 13.9. The highest BCUT2D eigenvalue weighted by Crippen LogP contribution is 2.24. The molecule has 1 heterocycles. The van der Waals surface area contributed by atoms with Crippen molar-refractivity contribution in [3.8, 4) is 0 Å². The van der Waals surface area contributed by atoms with Crippen molar-refractivity contribution in [1.29, 1.82) is 0 Å². The van der Waals surface area contributed by atoms with Gasteiger partial charge in [0.15, 0.2) is 6.61 Å². The molecule has 0 radical (unpaired) electrons. The first-order valence-corrected chi connectivity index (χ1v) is 8.45. The second-order valence-corrected chi connectivity index (χ2v) is 6.63. The molecule has 8 heteroatoms. The molecule has 0 unspecified atom stereocenters. The normalized spacial score (nSPS) is 10.5. The Morgan fingerprint density at radius 3 is 2.44 bits per heavy atom. The van der Waals surface area contributed by atoms with Crippen molar-refractivity contribution in [3.05, 3.63) is 63.0 Å². The summed E-state index contributed by atoms with van der Waals surface area (Å²) in [5, 5.41) is 10.5. The number of carbonyl (C=O) groups is 2. The van der Waals surface area contributed by atoms with E-state index in [0.29, 0.717) is 6.54 Å². The molecule has 1 aromatic carbocycles. The highest BCUT2D eigenvalue weighted by Gasteiger charge is 2.21. The second-order valence-electron chi connectivity index (χ2n) is 5.57. The summed E-state index contributed by atoms with van der Waals surface area (Å²) in [7, 11) is 0. The minimum atomic E-state index is -0.741. The Morgan fingerprint density at radius 2 is 1.88 bits per heavy atom. The van der Waals surface area contributed by atoms with Crippen molar-refractivity contribution in [2.24, 2.45) is 0 Å². The first kappa shape index (κ1) is 18.6. The molecule has 2 rings (SSSR count). The molecule has 132 valence electrons. The molecule has 25 heavy (non-hydrogen) atoms. The Hall–Kier alpha value is -2.74. The van der Waals surface area contributed by atoms with Crippen LogP contribution in [-0.4, -0.2) is 34.3 Å². The van der Waals surface area contributed by atoms with Crippen LogP contribution in [-0.2, 0) is 16.1 Å². The lowest BCUT2D eigenvalue weighted by Crippen LogP contribution is -2.39. The molecule has 0 saturated heterocycles. The van der Waals surface area contributed by atoms with E-state index < -0.39 is 17.5 Å².